The molecular weight excluding hydrogens is 656 g/mol. The van der Waals surface area contributed by atoms with E-state index in [1.165, 1.54) is 59.5 Å². The SMILES string of the molecule is CN(C)C(=O)c1cc(Oc2ccc(C(=O)O[C@]3(C(=O)SCF)CCC4C5CCC6=CC(=O)C=C[C@]6(C)C5(F)[C@@H](O)C[C@@]43C)cc2)ccc1O. The zero-order valence-corrected chi connectivity index (χ0v) is 28.5. The first-order valence-corrected chi connectivity index (χ1v) is 17.2. The Morgan fingerprint density at radius 3 is 2.41 bits per heavy atom. The number of nitrogens with zero attached hydrogens (tertiary/aromatic N) is 1. The summed E-state index contributed by atoms with van der Waals surface area (Å²) in [5.41, 5.74) is -5.65. The topological polar surface area (TPSA) is 130 Å². The minimum atomic E-state index is -2.14. The van der Waals surface area contributed by atoms with Crippen LogP contribution in [-0.2, 0) is 14.3 Å². The number of halogens is 2. The fraction of sp³-hybridized carbons (Fsp3) is 0.459. The number of carbonyl (C=O) groups excluding carboxylic acids is 4. The summed E-state index contributed by atoms with van der Waals surface area (Å²) in [4.78, 5) is 53.4. The number of amides is 1. The summed E-state index contributed by atoms with van der Waals surface area (Å²) in [7, 11) is 3.11. The monoisotopic (exact) mass is 695 g/mol. The molecule has 12 heteroatoms. The van der Waals surface area contributed by atoms with Gasteiger partial charge in [-0.15, -0.1) is 0 Å². The smallest absolute Gasteiger partial charge is 0.339 e. The number of thioether (sulfide) groups is 1. The van der Waals surface area contributed by atoms with Crippen molar-refractivity contribution in [1.82, 2.24) is 4.90 Å². The lowest BCUT2D eigenvalue weighted by molar-refractivity contribution is -0.214. The van der Waals surface area contributed by atoms with E-state index in [0.29, 0.717) is 42.3 Å². The summed E-state index contributed by atoms with van der Waals surface area (Å²) >= 11 is 0.395. The minimum Gasteiger partial charge on any atom is -0.507 e. The molecule has 0 saturated heterocycles. The number of phenols is 1. The van der Waals surface area contributed by atoms with Crippen LogP contribution in [0, 0.1) is 22.7 Å². The molecule has 1 amide bonds. The van der Waals surface area contributed by atoms with Gasteiger partial charge in [0.05, 0.1) is 17.2 Å². The van der Waals surface area contributed by atoms with E-state index in [4.69, 9.17) is 9.47 Å². The summed E-state index contributed by atoms with van der Waals surface area (Å²) in [6, 6.07) is 9.05. The highest BCUT2D eigenvalue weighted by Gasteiger charge is 2.75. The average Bonchev–Trinajstić information content (AvgIpc) is 3.34. The Balaban J connectivity index is 1.27. The number of ether oxygens (including phenoxy) is 2. The standard InChI is InChI=1S/C37H39F2NO8S/c1-34-15-13-23(41)17-22(34)7-11-28-27-14-16-36(33(46)49-20-38,35(27,2)19-30(43)37(28,34)39)48-32(45)21-5-8-24(9-6-21)47-25-10-12-29(42)26(18-25)31(44)40(3)4/h5-6,8-10,12-13,15,17-18,27-28,30,42-43H,7,11,14,16,19-20H2,1-4H3/t27?,28?,30-,34-,35-,36-,37?/m0/s1. The number of carbonyl (C=O) groups is 4. The molecule has 4 aliphatic carbocycles. The molecule has 2 aromatic rings. The van der Waals surface area contributed by atoms with Crippen molar-refractivity contribution in [2.24, 2.45) is 22.7 Å². The third kappa shape index (κ3) is 5.29. The quantitative estimate of drug-likeness (QED) is 0.319. The van der Waals surface area contributed by atoms with Crippen molar-refractivity contribution in [3.05, 3.63) is 77.4 Å². The van der Waals surface area contributed by atoms with Crippen molar-refractivity contribution in [2.75, 3.05) is 20.1 Å². The van der Waals surface area contributed by atoms with Gasteiger partial charge in [-0.3, -0.25) is 14.4 Å². The Morgan fingerprint density at radius 2 is 1.73 bits per heavy atom. The second-order valence-electron chi connectivity index (χ2n) is 14.1. The van der Waals surface area contributed by atoms with Gasteiger partial charge in [0.1, 0.15) is 23.3 Å². The van der Waals surface area contributed by atoms with Gasteiger partial charge in [-0.1, -0.05) is 18.6 Å². The van der Waals surface area contributed by atoms with Crippen LogP contribution in [0.25, 0.3) is 0 Å². The number of benzene rings is 2. The van der Waals surface area contributed by atoms with Crippen molar-refractivity contribution in [3.63, 3.8) is 0 Å². The number of aliphatic hydroxyl groups is 1. The molecule has 0 heterocycles. The molecule has 260 valence electrons. The first-order chi connectivity index (χ1) is 23.1. The largest absolute Gasteiger partial charge is 0.507 e. The van der Waals surface area contributed by atoms with Crippen molar-refractivity contribution in [3.8, 4) is 17.2 Å². The molecule has 3 fully saturated rings. The Bertz CT molecular complexity index is 1780. The van der Waals surface area contributed by atoms with Crippen LogP contribution in [0.4, 0.5) is 8.78 Å². The maximum absolute atomic E-state index is 17.6. The van der Waals surface area contributed by atoms with Gasteiger partial charge in [-0.25, -0.2) is 13.6 Å². The van der Waals surface area contributed by atoms with Crippen LogP contribution in [0.2, 0.25) is 0 Å². The molecule has 2 N–H and O–H groups in total. The summed E-state index contributed by atoms with van der Waals surface area (Å²) in [5, 5.41) is 21.1. The van der Waals surface area contributed by atoms with Gasteiger partial charge in [-0.2, -0.15) is 0 Å². The molecule has 0 radical (unpaired) electrons. The van der Waals surface area contributed by atoms with Crippen molar-refractivity contribution >= 4 is 34.5 Å². The minimum absolute atomic E-state index is 0.0365. The van der Waals surface area contributed by atoms with Crippen LogP contribution in [0.5, 0.6) is 17.2 Å². The molecule has 0 bridgehead atoms. The van der Waals surface area contributed by atoms with E-state index in [1.807, 2.05) is 0 Å². The third-order valence-electron chi connectivity index (χ3n) is 11.5. The van der Waals surface area contributed by atoms with Crippen LogP contribution < -0.4 is 4.74 Å². The summed E-state index contributed by atoms with van der Waals surface area (Å²) in [6.45, 7) is 3.43. The maximum Gasteiger partial charge on any atom is 0.339 e. The zero-order chi connectivity index (χ0) is 35.5. The number of ketones is 1. The molecule has 3 saturated carbocycles. The predicted octanol–water partition coefficient (Wildman–Crippen LogP) is 6.34. The molecule has 0 spiro atoms. The molecular formula is C37H39F2NO8S. The summed E-state index contributed by atoms with van der Waals surface area (Å²) in [5.74, 6) is -2.30. The van der Waals surface area contributed by atoms with Gasteiger partial charge in [0.25, 0.3) is 5.91 Å². The van der Waals surface area contributed by atoms with E-state index in [0.717, 1.165) is 0 Å². The van der Waals surface area contributed by atoms with Crippen LogP contribution in [0.3, 0.4) is 0 Å². The van der Waals surface area contributed by atoms with Crippen molar-refractivity contribution in [1.29, 1.82) is 0 Å². The predicted molar refractivity (Wildman–Crippen MR) is 178 cm³/mol. The number of fused-ring (bicyclic) bond motifs is 5. The molecule has 0 aliphatic heterocycles. The maximum atomic E-state index is 17.6. The number of hydrogen-bond acceptors (Lipinski definition) is 9. The fourth-order valence-electron chi connectivity index (χ4n) is 8.91. The van der Waals surface area contributed by atoms with E-state index < -0.39 is 63.0 Å². The molecule has 9 nitrogen and oxygen atoms in total. The summed E-state index contributed by atoms with van der Waals surface area (Å²) < 4.78 is 43.2. The van der Waals surface area contributed by atoms with Gasteiger partial charge in [0, 0.05) is 30.8 Å². The van der Waals surface area contributed by atoms with Gasteiger partial charge in [0.2, 0.25) is 5.12 Å². The first-order valence-electron chi connectivity index (χ1n) is 16.2. The van der Waals surface area contributed by atoms with E-state index in [1.54, 1.807) is 34.0 Å². The Labute approximate surface area is 287 Å². The van der Waals surface area contributed by atoms with Gasteiger partial charge in [-0.05, 0) is 111 Å². The van der Waals surface area contributed by atoms with Crippen LogP contribution in [0.15, 0.2) is 66.3 Å². The molecule has 7 atom stereocenters. The van der Waals surface area contributed by atoms with Crippen molar-refractivity contribution < 1.29 is 47.6 Å². The molecule has 49 heavy (non-hydrogen) atoms. The molecule has 2 aromatic carbocycles. The molecule has 0 aromatic heterocycles. The highest BCUT2D eigenvalue weighted by Crippen LogP contribution is 2.70. The Hall–Kier alpha value is -4.03. The molecule has 4 aliphatic rings. The lowest BCUT2D eigenvalue weighted by Crippen LogP contribution is -2.69. The number of allylic oxidation sites excluding steroid dienone is 4. The third-order valence-corrected chi connectivity index (χ3v) is 12.2. The summed E-state index contributed by atoms with van der Waals surface area (Å²) in [6.07, 6.45) is 3.69. The van der Waals surface area contributed by atoms with E-state index in [9.17, 15) is 33.8 Å². The van der Waals surface area contributed by atoms with Crippen LogP contribution >= 0.6 is 11.8 Å². The van der Waals surface area contributed by atoms with E-state index in [-0.39, 0.29) is 41.3 Å². The lowest BCUT2D eigenvalue weighted by atomic mass is 9.45. The number of aliphatic hydroxyl groups excluding tert-OH is 1. The van der Waals surface area contributed by atoms with E-state index in [2.05, 4.69) is 0 Å². The number of rotatable bonds is 7. The van der Waals surface area contributed by atoms with E-state index >= 15 is 4.39 Å². The number of alkyl halides is 2. The van der Waals surface area contributed by atoms with Crippen molar-refractivity contribution in [2.45, 2.75) is 63.3 Å². The van der Waals surface area contributed by atoms with Crippen LogP contribution in [0.1, 0.15) is 66.7 Å². The molecule has 3 unspecified atom stereocenters. The van der Waals surface area contributed by atoms with Gasteiger partial charge >= 0.3 is 5.97 Å². The number of hydrogen-bond donors (Lipinski definition) is 2. The zero-order valence-electron chi connectivity index (χ0n) is 27.7. The lowest BCUT2D eigenvalue weighted by Gasteiger charge is -2.62. The number of aromatic hydroxyl groups is 1. The van der Waals surface area contributed by atoms with Crippen LogP contribution in [-0.4, -0.2) is 75.4 Å². The highest BCUT2D eigenvalue weighted by molar-refractivity contribution is 8.13. The molecule has 6 rings (SSSR count). The second kappa shape index (κ2) is 12.4. The fourth-order valence-corrected chi connectivity index (χ4v) is 9.62. The number of esters is 1. The highest BCUT2D eigenvalue weighted by atomic mass is 32.2. The van der Waals surface area contributed by atoms with Gasteiger partial charge in [0.15, 0.2) is 17.1 Å². The Kier molecular flexibility index (Phi) is 8.80. The van der Waals surface area contributed by atoms with Gasteiger partial charge < -0.3 is 24.6 Å². The normalized spacial score (nSPS) is 33.1. The average molecular weight is 696 g/mol. The Morgan fingerprint density at radius 1 is 1.04 bits per heavy atom. The number of phenolic OH excluding ortho intramolecular Hbond substituents is 1. The second-order valence-corrected chi connectivity index (χ2v) is 14.9. The first kappa shape index (κ1) is 34.8.